The van der Waals surface area contributed by atoms with Crippen molar-refractivity contribution in [3.8, 4) is 5.88 Å². The van der Waals surface area contributed by atoms with Gasteiger partial charge in [-0.1, -0.05) is 35.0 Å². The topological polar surface area (TPSA) is 96.8 Å². The van der Waals surface area contributed by atoms with Crippen LogP contribution in [0.25, 0.3) is 0 Å². The highest BCUT2D eigenvalue weighted by Crippen LogP contribution is 2.33. The summed E-state index contributed by atoms with van der Waals surface area (Å²) in [5.41, 5.74) is 2.78. The number of hydrogen-bond acceptors (Lipinski definition) is 7. The molecule has 0 aliphatic carbocycles. The van der Waals surface area contributed by atoms with E-state index in [0.29, 0.717) is 20.9 Å². The number of amides is 2. The third kappa shape index (κ3) is 4.43. The molecule has 2 aromatic rings. The highest BCUT2D eigenvalue weighted by molar-refractivity contribution is 8.15. The van der Waals surface area contributed by atoms with Crippen molar-refractivity contribution in [2.24, 2.45) is 5.10 Å². The number of hydrazone groups is 1. The van der Waals surface area contributed by atoms with Gasteiger partial charge in [0, 0.05) is 17.4 Å². The number of hydrogen-bond donors (Lipinski definition) is 1. The molecule has 11 heteroatoms. The average Bonchev–Trinajstić information content (AvgIpc) is 3.00. The Balaban J connectivity index is 1.67. The van der Waals surface area contributed by atoms with Gasteiger partial charge in [0.2, 0.25) is 11.8 Å². The lowest BCUT2D eigenvalue weighted by atomic mass is 10.3. The number of amidine groups is 1. The second kappa shape index (κ2) is 8.35. The fraction of sp³-hybridized carbons (Fsp3) is 0.133. The maximum absolute atomic E-state index is 12.2. The number of nitrogens with one attached hydrogen (secondary N) is 1. The third-order valence-electron chi connectivity index (χ3n) is 3.08. The van der Waals surface area contributed by atoms with Gasteiger partial charge in [0.15, 0.2) is 11.8 Å². The summed E-state index contributed by atoms with van der Waals surface area (Å²) >= 11 is 13.2. The summed E-state index contributed by atoms with van der Waals surface area (Å²) in [5, 5.41) is 5.04. The fourth-order valence-corrected chi connectivity index (χ4v) is 3.30. The number of halogens is 2. The van der Waals surface area contributed by atoms with Crippen LogP contribution in [0.2, 0.25) is 10.0 Å². The van der Waals surface area contributed by atoms with Gasteiger partial charge in [-0.2, -0.15) is 0 Å². The van der Waals surface area contributed by atoms with E-state index in [1.165, 1.54) is 41.3 Å². The number of nitrogens with zero attached hydrogens (tertiary/aromatic N) is 4. The van der Waals surface area contributed by atoms with Gasteiger partial charge in [-0.3, -0.25) is 19.5 Å². The number of ether oxygens (including phenoxy) is 1. The van der Waals surface area contributed by atoms with E-state index in [1.54, 1.807) is 12.1 Å². The predicted octanol–water partition coefficient (Wildman–Crippen LogP) is 2.33. The zero-order valence-corrected chi connectivity index (χ0v) is 15.4. The van der Waals surface area contributed by atoms with Crippen molar-refractivity contribution in [2.75, 3.05) is 17.3 Å². The summed E-state index contributed by atoms with van der Waals surface area (Å²) < 4.78 is 5.17. The van der Waals surface area contributed by atoms with Gasteiger partial charge in [-0.15, -0.1) is 5.10 Å². The first-order valence-corrected chi connectivity index (χ1v) is 8.95. The maximum atomic E-state index is 12.2. The molecule has 2 amide bonds. The van der Waals surface area contributed by atoms with Crippen molar-refractivity contribution in [2.45, 2.75) is 0 Å². The molecule has 1 aliphatic heterocycles. The molecule has 2 heterocycles. The van der Waals surface area contributed by atoms with Gasteiger partial charge in [0.1, 0.15) is 0 Å². The van der Waals surface area contributed by atoms with Crippen molar-refractivity contribution in [1.29, 1.82) is 0 Å². The maximum Gasteiger partial charge on any atom is 0.278 e. The minimum Gasteiger partial charge on any atom is -0.466 e. The molecule has 1 N–H and O–H groups in total. The second-order valence-corrected chi connectivity index (χ2v) is 6.66. The van der Waals surface area contributed by atoms with Crippen molar-refractivity contribution in [3.05, 3.63) is 46.8 Å². The van der Waals surface area contributed by atoms with Crippen LogP contribution in [-0.2, 0) is 9.59 Å². The third-order valence-corrected chi connectivity index (χ3v) is 4.54. The number of benzene rings is 1. The summed E-state index contributed by atoms with van der Waals surface area (Å²) in [6.07, 6.45) is 4.32. The zero-order chi connectivity index (χ0) is 18.5. The van der Waals surface area contributed by atoms with Crippen LogP contribution in [0.15, 0.2) is 41.9 Å². The van der Waals surface area contributed by atoms with Gasteiger partial charge < -0.3 is 4.74 Å². The van der Waals surface area contributed by atoms with Gasteiger partial charge in [0.05, 0.1) is 22.7 Å². The Bertz CT molecular complexity index is 866. The zero-order valence-electron chi connectivity index (χ0n) is 13.1. The molecule has 0 radical (unpaired) electrons. The monoisotopic (exact) mass is 411 g/mol. The molecule has 3 rings (SSSR count). The lowest BCUT2D eigenvalue weighted by Gasteiger charge is -2.17. The molecule has 0 unspecified atom stereocenters. The molecule has 1 aromatic carbocycles. The van der Waals surface area contributed by atoms with E-state index in [1.807, 2.05) is 0 Å². The van der Waals surface area contributed by atoms with Crippen LogP contribution in [0.4, 0.5) is 5.69 Å². The number of aromatic nitrogens is 2. The molecular weight excluding hydrogens is 401 g/mol. The van der Waals surface area contributed by atoms with Crippen LogP contribution in [0, 0.1) is 0 Å². The van der Waals surface area contributed by atoms with Crippen molar-refractivity contribution >= 4 is 57.6 Å². The molecule has 1 aromatic heterocycles. The normalized spacial score (nSPS) is 15.4. The van der Waals surface area contributed by atoms with E-state index in [0.717, 1.165) is 0 Å². The molecule has 0 atom stereocenters. The van der Waals surface area contributed by atoms with Gasteiger partial charge in [-0.05, 0) is 18.2 Å². The van der Waals surface area contributed by atoms with Gasteiger partial charge >= 0.3 is 0 Å². The van der Waals surface area contributed by atoms with E-state index in [2.05, 4.69) is 20.5 Å². The van der Waals surface area contributed by atoms with Crippen LogP contribution >= 0.6 is 35.0 Å². The Kier molecular flexibility index (Phi) is 5.92. The van der Waals surface area contributed by atoms with Crippen LogP contribution < -0.4 is 15.1 Å². The molecule has 0 spiro atoms. The minimum absolute atomic E-state index is 0.184. The van der Waals surface area contributed by atoms with E-state index in [9.17, 15) is 9.59 Å². The quantitative estimate of drug-likeness (QED) is 0.758. The predicted molar refractivity (Wildman–Crippen MR) is 99.5 cm³/mol. The molecule has 0 bridgehead atoms. The number of carbonyl (C=O) groups excluding carboxylic acids is 2. The lowest BCUT2D eigenvalue weighted by molar-refractivity contribution is -0.123. The van der Waals surface area contributed by atoms with Crippen molar-refractivity contribution < 1.29 is 14.3 Å². The number of rotatable bonds is 5. The minimum atomic E-state index is -0.509. The lowest BCUT2D eigenvalue weighted by Crippen LogP contribution is -2.33. The number of carbonyl (C=O) groups is 2. The van der Waals surface area contributed by atoms with Crippen molar-refractivity contribution in [3.63, 3.8) is 0 Å². The Morgan fingerprint density at radius 2 is 2.23 bits per heavy atom. The molecule has 1 fully saturated rings. The average molecular weight is 412 g/mol. The smallest absolute Gasteiger partial charge is 0.278 e. The SMILES string of the molecule is O=C(COc1cnccn1)N/N=C1\SCC(=O)N1c1ccc(Cl)cc1Cl. The van der Waals surface area contributed by atoms with Gasteiger partial charge in [-0.25, -0.2) is 10.4 Å². The van der Waals surface area contributed by atoms with Crippen LogP contribution in [-0.4, -0.2) is 39.3 Å². The first kappa shape index (κ1) is 18.4. The Hall–Kier alpha value is -2.36. The van der Waals surface area contributed by atoms with E-state index < -0.39 is 5.91 Å². The van der Waals surface area contributed by atoms with E-state index in [-0.39, 0.29) is 24.1 Å². The largest absolute Gasteiger partial charge is 0.466 e. The fourth-order valence-electron chi connectivity index (χ4n) is 1.99. The molecule has 8 nitrogen and oxygen atoms in total. The summed E-state index contributed by atoms with van der Waals surface area (Å²) in [5.74, 6) is -0.312. The highest BCUT2D eigenvalue weighted by Gasteiger charge is 2.31. The van der Waals surface area contributed by atoms with E-state index >= 15 is 0 Å². The Morgan fingerprint density at radius 3 is 2.96 bits per heavy atom. The molecule has 134 valence electrons. The van der Waals surface area contributed by atoms with Crippen molar-refractivity contribution in [1.82, 2.24) is 15.4 Å². The number of anilines is 1. The van der Waals surface area contributed by atoms with Crippen LogP contribution in [0.5, 0.6) is 5.88 Å². The first-order chi connectivity index (χ1) is 12.5. The van der Waals surface area contributed by atoms with Gasteiger partial charge in [0.25, 0.3) is 5.91 Å². The van der Waals surface area contributed by atoms with E-state index in [4.69, 9.17) is 27.9 Å². The summed E-state index contributed by atoms with van der Waals surface area (Å²) in [6, 6.07) is 4.76. The summed E-state index contributed by atoms with van der Waals surface area (Å²) in [7, 11) is 0. The highest BCUT2D eigenvalue weighted by atomic mass is 35.5. The molecule has 1 saturated heterocycles. The Labute approximate surface area is 162 Å². The molecular formula is C15H11Cl2N5O3S. The summed E-state index contributed by atoms with van der Waals surface area (Å²) in [4.78, 5) is 33.1. The van der Waals surface area contributed by atoms with Crippen LogP contribution in [0.3, 0.4) is 0 Å². The summed E-state index contributed by atoms with van der Waals surface area (Å²) in [6.45, 7) is -0.296. The molecule has 26 heavy (non-hydrogen) atoms. The molecule has 1 aliphatic rings. The number of thioether (sulfide) groups is 1. The first-order valence-electron chi connectivity index (χ1n) is 7.21. The van der Waals surface area contributed by atoms with Crippen LogP contribution in [0.1, 0.15) is 0 Å². The standard InChI is InChI=1S/C15H11Cl2N5O3S/c16-9-1-2-11(10(17)5-9)22-14(24)8-26-15(22)21-20-12(23)7-25-13-6-18-3-4-19-13/h1-6H,7-8H2,(H,20,23)/b21-15-. The second-order valence-electron chi connectivity index (χ2n) is 4.88. The molecule has 0 saturated carbocycles. The Morgan fingerprint density at radius 1 is 1.38 bits per heavy atom.